The lowest BCUT2D eigenvalue weighted by Crippen LogP contribution is -2.43. The summed E-state index contributed by atoms with van der Waals surface area (Å²) >= 11 is 1.05. The second kappa shape index (κ2) is 10.7. The highest BCUT2D eigenvalue weighted by Crippen LogP contribution is 2.23. The monoisotopic (exact) mass is 400 g/mol. The summed E-state index contributed by atoms with van der Waals surface area (Å²) in [6.07, 6.45) is 2.09. The van der Waals surface area contributed by atoms with Gasteiger partial charge in [0.05, 0.1) is 4.92 Å². The molecule has 150 valence electrons. The van der Waals surface area contributed by atoms with Gasteiger partial charge in [0, 0.05) is 18.8 Å². The van der Waals surface area contributed by atoms with E-state index in [1.54, 1.807) is 20.8 Å². The summed E-state index contributed by atoms with van der Waals surface area (Å²) in [5, 5.41) is 22.7. The third kappa shape index (κ3) is 9.20. The number of carbonyl (C=O) groups is 2. The molecule has 0 aliphatic heterocycles. The van der Waals surface area contributed by atoms with Crippen LogP contribution in [0, 0.1) is 10.1 Å². The zero-order valence-electron chi connectivity index (χ0n) is 15.4. The Labute approximate surface area is 161 Å². The molecule has 10 nitrogen and oxygen atoms in total. The van der Waals surface area contributed by atoms with Crippen LogP contribution in [0.3, 0.4) is 0 Å². The zero-order valence-corrected chi connectivity index (χ0v) is 16.2. The van der Waals surface area contributed by atoms with Gasteiger partial charge in [0.1, 0.15) is 11.6 Å². The number of ether oxygens (including phenoxy) is 1. The molecule has 3 N–H and O–H groups in total. The summed E-state index contributed by atoms with van der Waals surface area (Å²) in [5.74, 6) is -1.13. The number of carboxylic acids is 1. The number of unbranched alkanes of at least 4 members (excludes halogenated alkanes) is 1. The van der Waals surface area contributed by atoms with E-state index in [2.05, 4.69) is 15.0 Å². The van der Waals surface area contributed by atoms with Crippen LogP contribution in [0.5, 0.6) is 0 Å². The number of rotatable bonds is 10. The number of nitrogens with one attached hydrogen (secondary N) is 2. The predicted octanol–water partition coefficient (Wildman–Crippen LogP) is 2.73. The molecule has 1 rings (SSSR count). The number of carboxylic acid groups (broad SMARTS) is 1. The van der Waals surface area contributed by atoms with Crippen LogP contribution < -0.4 is 10.0 Å². The van der Waals surface area contributed by atoms with E-state index >= 15 is 0 Å². The van der Waals surface area contributed by atoms with E-state index in [1.165, 1.54) is 18.3 Å². The molecule has 0 aliphatic rings. The Morgan fingerprint density at radius 2 is 2.11 bits per heavy atom. The molecule has 1 heterocycles. The lowest BCUT2D eigenvalue weighted by Gasteiger charge is -2.22. The maximum Gasteiger partial charge on any atom is 0.408 e. The van der Waals surface area contributed by atoms with Crippen molar-refractivity contribution in [1.82, 2.24) is 15.0 Å². The molecule has 27 heavy (non-hydrogen) atoms. The maximum absolute atomic E-state index is 11.7. The third-order valence-corrected chi connectivity index (χ3v) is 3.98. The molecule has 1 atom stereocenters. The van der Waals surface area contributed by atoms with Crippen molar-refractivity contribution >= 4 is 29.7 Å². The molecule has 0 bridgehead atoms. The summed E-state index contributed by atoms with van der Waals surface area (Å²) < 4.78 is 8.01. The number of nitro groups is 1. The van der Waals surface area contributed by atoms with Crippen LogP contribution in [0.4, 0.5) is 10.5 Å². The Hall–Kier alpha value is -2.40. The van der Waals surface area contributed by atoms with Crippen LogP contribution >= 0.6 is 11.9 Å². The minimum Gasteiger partial charge on any atom is -0.480 e. The van der Waals surface area contributed by atoms with Gasteiger partial charge in [-0.05, 0) is 58.0 Å². The van der Waals surface area contributed by atoms with Crippen molar-refractivity contribution in [3.8, 4) is 0 Å². The van der Waals surface area contributed by atoms with Crippen LogP contribution in [0.15, 0.2) is 23.4 Å². The minimum absolute atomic E-state index is 0.0810. The van der Waals surface area contributed by atoms with E-state index in [9.17, 15) is 24.8 Å². The summed E-state index contributed by atoms with van der Waals surface area (Å²) in [7, 11) is 0. The van der Waals surface area contributed by atoms with Gasteiger partial charge < -0.3 is 15.2 Å². The molecular formula is C16H24N4O6S. The molecule has 1 amide bonds. The molecule has 0 saturated carbocycles. The Morgan fingerprint density at radius 3 is 2.70 bits per heavy atom. The molecule has 0 fully saturated rings. The number of aromatic nitrogens is 1. The van der Waals surface area contributed by atoms with Crippen molar-refractivity contribution in [1.29, 1.82) is 0 Å². The number of aliphatic carboxylic acids is 1. The quantitative estimate of drug-likeness (QED) is 0.234. The lowest BCUT2D eigenvalue weighted by molar-refractivity contribution is -0.388. The number of pyridine rings is 1. The standard InChI is InChI=1S/C16H24N4O6S/c1-16(2,3)26-15(23)19-11(14(21)22)7-4-5-10-18-27-13-12(20(24)25)8-6-9-17-13/h6,8-9,11,18H,4-5,7,10H2,1-3H3,(H,19,23)(H,21,22)/t11-/m0/s1. The van der Waals surface area contributed by atoms with E-state index < -0.39 is 28.6 Å². The van der Waals surface area contributed by atoms with Gasteiger partial charge in [0.25, 0.3) is 0 Å². The van der Waals surface area contributed by atoms with Crippen molar-refractivity contribution in [3.63, 3.8) is 0 Å². The lowest BCUT2D eigenvalue weighted by atomic mass is 10.1. The first-order chi connectivity index (χ1) is 12.6. The fraction of sp³-hybridized carbons (Fsp3) is 0.562. The van der Waals surface area contributed by atoms with E-state index in [1.807, 2.05) is 0 Å². The highest BCUT2D eigenvalue weighted by atomic mass is 32.2. The average Bonchev–Trinajstić information content (AvgIpc) is 2.55. The summed E-state index contributed by atoms with van der Waals surface area (Å²) in [6, 6.07) is 1.83. The number of alkyl carbamates (subject to hydrolysis) is 1. The van der Waals surface area contributed by atoms with E-state index in [4.69, 9.17) is 4.74 Å². The van der Waals surface area contributed by atoms with Crippen molar-refractivity contribution in [2.24, 2.45) is 0 Å². The van der Waals surface area contributed by atoms with Gasteiger partial charge >= 0.3 is 17.7 Å². The molecule has 0 unspecified atom stereocenters. The van der Waals surface area contributed by atoms with Gasteiger partial charge in [-0.3, -0.25) is 14.8 Å². The second-order valence-electron chi connectivity index (χ2n) is 6.61. The molecule has 0 aromatic carbocycles. The summed E-state index contributed by atoms with van der Waals surface area (Å²) in [6.45, 7) is 5.57. The SMILES string of the molecule is CC(C)(C)OC(=O)N[C@@H](CCCCNSc1ncccc1[N+](=O)[O-])C(=O)O. The van der Waals surface area contributed by atoms with Gasteiger partial charge in [-0.1, -0.05) is 0 Å². The fourth-order valence-electron chi connectivity index (χ4n) is 1.97. The first-order valence-electron chi connectivity index (χ1n) is 8.31. The average molecular weight is 400 g/mol. The zero-order chi connectivity index (χ0) is 20.4. The number of hydrogen-bond donors (Lipinski definition) is 3. The van der Waals surface area contributed by atoms with Gasteiger partial charge in [-0.15, -0.1) is 0 Å². The topological polar surface area (TPSA) is 144 Å². The number of carbonyl (C=O) groups excluding carboxylic acids is 1. The van der Waals surface area contributed by atoms with Crippen LogP contribution in [0.25, 0.3) is 0 Å². The Kier molecular flexibility index (Phi) is 8.95. The van der Waals surface area contributed by atoms with Gasteiger partial charge in [0.15, 0.2) is 5.03 Å². The Morgan fingerprint density at radius 1 is 1.41 bits per heavy atom. The van der Waals surface area contributed by atoms with Crippen LogP contribution in [-0.2, 0) is 9.53 Å². The summed E-state index contributed by atoms with van der Waals surface area (Å²) in [4.78, 5) is 37.3. The highest BCUT2D eigenvalue weighted by molar-refractivity contribution is 7.97. The van der Waals surface area contributed by atoms with Crippen molar-refractivity contribution in [2.45, 2.75) is 56.7 Å². The van der Waals surface area contributed by atoms with Gasteiger partial charge in [-0.25, -0.2) is 14.6 Å². The first kappa shape index (κ1) is 22.6. The van der Waals surface area contributed by atoms with Crippen LogP contribution in [0.1, 0.15) is 40.0 Å². The normalized spacial score (nSPS) is 12.3. The van der Waals surface area contributed by atoms with E-state index in [0.29, 0.717) is 19.4 Å². The summed E-state index contributed by atoms with van der Waals surface area (Å²) in [5.41, 5.74) is -0.787. The molecule has 0 radical (unpaired) electrons. The predicted molar refractivity (Wildman–Crippen MR) is 99.4 cm³/mol. The second-order valence-corrected chi connectivity index (χ2v) is 7.49. The molecular weight excluding hydrogens is 376 g/mol. The van der Waals surface area contributed by atoms with Crippen LogP contribution in [0.2, 0.25) is 0 Å². The van der Waals surface area contributed by atoms with Gasteiger partial charge in [0.2, 0.25) is 0 Å². The molecule has 0 spiro atoms. The highest BCUT2D eigenvalue weighted by Gasteiger charge is 2.23. The molecule has 11 heteroatoms. The van der Waals surface area contributed by atoms with Crippen molar-refractivity contribution < 1.29 is 24.4 Å². The largest absolute Gasteiger partial charge is 0.480 e. The number of hydrogen-bond acceptors (Lipinski definition) is 8. The molecule has 1 aromatic heterocycles. The van der Waals surface area contributed by atoms with Crippen molar-refractivity contribution in [3.05, 3.63) is 28.4 Å². The minimum atomic E-state index is -1.13. The maximum atomic E-state index is 11.7. The molecule has 1 aromatic rings. The van der Waals surface area contributed by atoms with Gasteiger partial charge in [-0.2, -0.15) is 0 Å². The van der Waals surface area contributed by atoms with Crippen molar-refractivity contribution in [2.75, 3.05) is 6.54 Å². The Bertz CT molecular complexity index is 665. The van der Waals surface area contributed by atoms with Crippen LogP contribution in [-0.4, -0.2) is 45.3 Å². The molecule has 0 saturated heterocycles. The third-order valence-electron chi connectivity index (χ3n) is 3.13. The molecule has 0 aliphatic carbocycles. The number of nitrogens with zero attached hydrogens (tertiary/aromatic N) is 2. The first-order valence-corrected chi connectivity index (χ1v) is 9.13. The van der Waals surface area contributed by atoms with E-state index in [0.717, 1.165) is 11.9 Å². The van der Waals surface area contributed by atoms with E-state index in [-0.39, 0.29) is 17.1 Å². The number of amides is 1. The Balaban J connectivity index is 2.34. The fourth-order valence-corrected chi connectivity index (χ4v) is 2.72. The smallest absolute Gasteiger partial charge is 0.408 e.